The highest BCUT2D eigenvalue weighted by Crippen LogP contribution is 2.42. The first kappa shape index (κ1) is 24.7. The molecule has 0 atom stereocenters. The number of piperazine rings is 1. The van der Waals surface area contributed by atoms with Gasteiger partial charge in [0.25, 0.3) is 5.91 Å². The Hall–Kier alpha value is -2.95. The number of carbonyl (C=O) groups excluding carboxylic acids is 1. The van der Waals surface area contributed by atoms with E-state index in [4.69, 9.17) is 23.5 Å². The highest BCUT2D eigenvalue weighted by Gasteiger charge is 2.53. The van der Waals surface area contributed by atoms with Crippen molar-refractivity contribution in [1.82, 2.24) is 4.90 Å². The SMILES string of the molecule is COc1ccc(C(=O)Nc2ccc(B3OC(C)(C)C(C)(C)O3)c3c2OCO3)cc1N1CCN(C)CC1. The van der Waals surface area contributed by atoms with Crippen molar-refractivity contribution >= 4 is 29.9 Å². The summed E-state index contributed by atoms with van der Waals surface area (Å²) in [5, 5.41) is 2.99. The van der Waals surface area contributed by atoms with E-state index < -0.39 is 18.3 Å². The Balaban J connectivity index is 1.38. The Bertz CT molecular complexity index is 1150. The summed E-state index contributed by atoms with van der Waals surface area (Å²) in [4.78, 5) is 17.8. The fourth-order valence-corrected chi connectivity index (χ4v) is 4.59. The maximum atomic E-state index is 13.3. The lowest BCUT2D eigenvalue weighted by Crippen LogP contribution is -2.44. The minimum absolute atomic E-state index is 0.0603. The molecule has 3 aliphatic rings. The van der Waals surface area contributed by atoms with E-state index in [1.807, 2.05) is 45.9 Å². The van der Waals surface area contributed by atoms with Crippen LogP contribution in [0.15, 0.2) is 30.3 Å². The highest BCUT2D eigenvalue weighted by atomic mass is 16.7. The molecule has 5 rings (SSSR count). The molecule has 36 heavy (non-hydrogen) atoms. The van der Waals surface area contributed by atoms with Gasteiger partial charge in [0.15, 0.2) is 11.5 Å². The van der Waals surface area contributed by atoms with Crippen molar-refractivity contribution in [2.75, 3.05) is 57.3 Å². The molecule has 2 aromatic rings. The van der Waals surface area contributed by atoms with E-state index in [9.17, 15) is 4.79 Å². The summed E-state index contributed by atoms with van der Waals surface area (Å²) < 4.78 is 29.5. The molecule has 0 aromatic heterocycles. The summed E-state index contributed by atoms with van der Waals surface area (Å²) in [6.45, 7) is 11.7. The molecule has 2 fully saturated rings. The first-order valence-corrected chi connectivity index (χ1v) is 12.3. The van der Waals surface area contributed by atoms with E-state index >= 15 is 0 Å². The standard InChI is InChI=1S/C26H34BN3O6/c1-25(2)26(3,4)36-27(35-25)18-8-9-19(23-22(18)33-16-34-23)28-24(31)17-7-10-21(32-6)20(15-17)30-13-11-29(5)12-14-30/h7-10,15H,11-14,16H2,1-6H3,(H,28,31). The molecule has 3 aliphatic heterocycles. The predicted octanol–water partition coefficient (Wildman–Crippen LogP) is 2.73. The second-order valence-electron chi connectivity index (χ2n) is 10.5. The summed E-state index contributed by atoms with van der Waals surface area (Å²) in [6, 6.07) is 9.15. The molecule has 1 N–H and O–H groups in total. The van der Waals surface area contributed by atoms with Crippen LogP contribution < -0.4 is 29.9 Å². The van der Waals surface area contributed by atoms with Gasteiger partial charge in [-0.05, 0) is 59.0 Å². The molecule has 0 saturated carbocycles. The van der Waals surface area contributed by atoms with Crippen LogP contribution in [0.3, 0.4) is 0 Å². The number of benzene rings is 2. The zero-order valence-corrected chi connectivity index (χ0v) is 21.8. The zero-order chi connectivity index (χ0) is 25.7. The van der Waals surface area contributed by atoms with Crippen LogP contribution in [0.5, 0.6) is 17.2 Å². The number of hydrogen-bond acceptors (Lipinski definition) is 8. The van der Waals surface area contributed by atoms with E-state index in [2.05, 4.69) is 22.2 Å². The molecule has 2 aromatic carbocycles. The number of hydrogen-bond donors (Lipinski definition) is 1. The Morgan fingerprint density at radius 1 is 0.972 bits per heavy atom. The molecule has 0 spiro atoms. The largest absolute Gasteiger partial charge is 0.498 e. The second-order valence-corrected chi connectivity index (χ2v) is 10.5. The maximum Gasteiger partial charge on any atom is 0.498 e. The molecule has 0 bridgehead atoms. The van der Waals surface area contributed by atoms with Crippen LogP contribution in [0.2, 0.25) is 0 Å². The monoisotopic (exact) mass is 495 g/mol. The minimum Gasteiger partial charge on any atom is -0.495 e. The van der Waals surface area contributed by atoms with Gasteiger partial charge in [0.2, 0.25) is 6.79 Å². The van der Waals surface area contributed by atoms with Crippen molar-refractivity contribution in [2.45, 2.75) is 38.9 Å². The van der Waals surface area contributed by atoms with Crippen LogP contribution >= 0.6 is 0 Å². The van der Waals surface area contributed by atoms with Crippen molar-refractivity contribution in [1.29, 1.82) is 0 Å². The number of rotatable bonds is 5. The highest BCUT2D eigenvalue weighted by molar-refractivity contribution is 6.63. The van der Waals surface area contributed by atoms with Gasteiger partial charge in [0.1, 0.15) is 5.75 Å². The van der Waals surface area contributed by atoms with Gasteiger partial charge in [-0.1, -0.05) is 6.07 Å². The summed E-state index contributed by atoms with van der Waals surface area (Å²) in [5.74, 6) is 1.51. The fourth-order valence-electron chi connectivity index (χ4n) is 4.59. The van der Waals surface area contributed by atoms with Gasteiger partial charge in [-0.3, -0.25) is 4.79 Å². The molecular formula is C26H34BN3O6. The van der Waals surface area contributed by atoms with Gasteiger partial charge in [-0.2, -0.15) is 0 Å². The van der Waals surface area contributed by atoms with Crippen molar-refractivity contribution in [2.24, 2.45) is 0 Å². The first-order valence-electron chi connectivity index (χ1n) is 12.3. The molecule has 0 radical (unpaired) electrons. The fraction of sp³-hybridized carbons (Fsp3) is 0.500. The van der Waals surface area contributed by atoms with Crippen LogP contribution in [-0.2, 0) is 9.31 Å². The molecule has 0 aliphatic carbocycles. The van der Waals surface area contributed by atoms with Crippen LogP contribution in [0, 0.1) is 0 Å². The van der Waals surface area contributed by atoms with Crippen molar-refractivity contribution in [3.8, 4) is 17.2 Å². The lowest BCUT2D eigenvalue weighted by Gasteiger charge is -2.34. The number of likely N-dealkylation sites (N-methyl/N-ethyl adjacent to an activating group) is 1. The number of nitrogens with one attached hydrogen (secondary N) is 1. The normalized spacial score (nSPS) is 20.5. The van der Waals surface area contributed by atoms with Crippen molar-refractivity contribution in [3.63, 3.8) is 0 Å². The van der Waals surface area contributed by atoms with Gasteiger partial charge in [-0.25, -0.2) is 0 Å². The number of fused-ring (bicyclic) bond motifs is 1. The smallest absolute Gasteiger partial charge is 0.495 e. The third-order valence-electron chi connectivity index (χ3n) is 7.59. The molecule has 2 saturated heterocycles. The Kier molecular flexibility index (Phi) is 6.30. The van der Waals surface area contributed by atoms with E-state index in [1.165, 1.54) is 0 Å². The molecule has 1 amide bonds. The van der Waals surface area contributed by atoms with Gasteiger partial charge in [-0.15, -0.1) is 0 Å². The average molecular weight is 495 g/mol. The van der Waals surface area contributed by atoms with Crippen LogP contribution in [0.1, 0.15) is 38.1 Å². The summed E-state index contributed by atoms with van der Waals surface area (Å²) in [5.41, 5.74) is 1.76. The first-order chi connectivity index (χ1) is 17.1. The van der Waals surface area contributed by atoms with E-state index in [0.29, 0.717) is 22.7 Å². The number of ether oxygens (including phenoxy) is 3. The van der Waals surface area contributed by atoms with Crippen LogP contribution in [-0.4, -0.2) is 76.3 Å². The third kappa shape index (κ3) is 4.38. The molecule has 3 heterocycles. The number of carbonyl (C=O) groups is 1. The second kappa shape index (κ2) is 9.17. The number of nitrogens with zero attached hydrogens (tertiary/aromatic N) is 2. The Morgan fingerprint density at radius 3 is 2.31 bits per heavy atom. The summed E-state index contributed by atoms with van der Waals surface area (Å²) in [7, 11) is 3.17. The van der Waals surface area contributed by atoms with E-state index in [0.717, 1.165) is 43.1 Å². The average Bonchev–Trinajstić information content (AvgIpc) is 3.41. The number of methoxy groups -OCH3 is 1. The zero-order valence-electron chi connectivity index (χ0n) is 21.8. The van der Waals surface area contributed by atoms with Crippen LogP contribution in [0.4, 0.5) is 11.4 Å². The third-order valence-corrected chi connectivity index (χ3v) is 7.59. The van der Waals surface area contributed by atoms with Crippen molar-refractivity contribution < 1.29 is 28.3 Å². The maximum absolute atomic E-state index is 13.3. The summed E-state index contributed by atoms with van der Waals surface area (Å²) in [6.07, 6.45) is 0. The quantitative estimate of drug-likeness (QED) is 0.635. The Labute approximate surface area is 212 Å². The molecule has 192 valence electrons. The summed E-state index contributed by atoms with van der Waals surface area (Å²) >= 11 is 0. The lowest BCUT2D eigenvalue weighted by atomic mass is 9.78. The molecule has 0 unspecified atom stereocenters. The molecule has 10 heteroatoms. The molecular weight excluding hydrogens is 461 g/mol. The predicted molar refractivity (Wildman–Crippen MR) is 139 cm³/mol. The lowest BCUT2D eigenvalue weighted by molar-refractivity contribution is 0.00578. The van der Waals surface area contributed by atoms with Crippen LogP contribution in [0.25, 0.3) is 0 Å². The van der Waals surface area contributed by atoms with Crippen molar-refractivity contribution in [3.05, 3.63) is 35.9 Å². The number of anilines is 2. The van der Waals surface area contributed by atoms with Gasteiger partial charge >= 0.3 is 7.12 Å². The molecule has 9 nitrogen and oxygen atoms in total. The minimum atomic E-state index is -0.595. The van der Waals surface area contributed by atoms with Gasteiger partial charge in [0.05, 0.1) is 29.7 Å². The van der Waals surface area contributed by atoms with Gasteiger partial charge in [0, 0.05) is 37.2 Å². The topological polar surface area (TPSA) is 81.7 Å². The number of amides is 1. The van der Waals surface area contributed by atoms with Gasteiger partial charge < -0.3 is 38.6 Å². The van der Waals surface area contributed by atoms with E-state index in [1.54, 1.807) is 19.2 Å². The Morgan fingerprint density at radius 2 is 1.64 bits per heavy atom. The van der Waals surface area contributed by atoms with E-state index in [-0.39, 0.29) is 12.7 Å².